The summed E-state index contributed by atoms with van der Waals surface area (Å²) in [5.41, 5.74) is 0. The van der Waals surface area contributed by atoms with Crippen LogP contribution in [0.3, 0.4) is 0 Å². The van der Waals surface area contributed by atoms with E-state index in [4.69, 9.17) is 0 Å². The standard InChI is InChI=1S/C14H26N4S/c1-3-9-15-14-17-16-13(19-14)11-18-10-7-5-6-8-12(18)4-2/h12H,3-11H2,1-2H3,(H,15,17). The average molecular weight is 282 g/mol. The van der Waals surface area contributed by atoms with Gasteiger partial charge in [-0.25, -0.2) is 0 Å². The predicted molar refractivity (Wildman–Crippen MR) is 81.6 cm³/mol. The van der Waals surface area contributed by atoms with E-state index in [1.54, 1.807) is 11.3 Å². The Bertz CT molecular complexity index is 366. The Morgan fingerprint density at radius 2 is 2.16 bits per heavy atom. The van der Waals surface area contributed by atoms with E-state index in [9.17, 15) is 0 Å². The lowest BCUT2D eigenvalue weighted by atomic mass is 10.1. The summed E-state index contributed by atoms with van der Waals surface area (Å²) in [6, 6.07) is 0.735. The highest BCUT2D eigenvalue weighted by molar-refractivity contribution is 7.15. The molecule has 19 heavy (non-hydrogen) atoms. The molecule has 0 bridgehead atoms. The van der Waals surface area contributed by atoms with Gasteiger partial charge in [-0.05, 0) is 32.2 Å². The van der Waals surface area contributed by atoms with Crippen molar-refractivity contribution in [1.29, 1.82) is 0 Å². The number of hydrogen-bond acceptors (Lipinski definition) is 5. The second-order valence-electron chi connectivity index (χ2n) is 5.31. The van der Waals surface area contributed by atoms with Crippen LogP contribution in [0.4, 0.5) is 5.13 Å². The van der Waals surface area contributed by atoms with Crippen molar-refractivity contribution in [2.24, 2.45) is 0 Å². The molecule has 0 aromatic carbocycles. The number of nitrogens with one attached hydrogen (secondary N) is 1. The number of anilines is 1. The molecule has 1 unspecified atom stereocenters. The minimum absolute atomic E-state index is 0.735. The van der Waals surface area contributed by atoms with Crippen molar-refractivity contribution in [2.75, 3.05) is 18.4 Å². The molecule has 1 aliphatic rings. The van der Waals surface area contributed by atoms with E-state index >= 15 is 0 Å². The van der Waals surface area contributed by atoms with E-state index in [1.165, 1.54) is 38.6 Å². The summed E-state index contributed by atoms with van der Waals surface area (Å²) < 4.78 is 0. The second-order valence-corrected chi connectivity index (χ2v) is 6.37. The molecule has 5 heteroatoms. The Labute approximate surface area is 120 Å². The number of hydrogen-bond donors (Lipinski definition) is 1. The van der Waals surface area contributed by atoms with Gasteiger partial charge in [0.2, 0.25) is 5.13 Å². The molecule has 0 amide bonds. The van der Waals surface area contributed by atoms with Crippen molar-refractivity contribution in [3.05, 3.63) is 5.01 Å². The van der Waals surface area contributed by atoms with Crippen LogP contribution in [-0.2, 0) is 6.54 Å². The van der Waals surface area contributed by atoms with Crippen LogP contribution in [0.5, 0.6) is 0 Å². The smallest absolute Gasteiger partial charge is 0.205 e. The molecule has 0 saturated carbocycles. The Kier molecular flexibility index (Phi) is 6.04. The van der Waals surface area contributed by atoms with E-state index < -0.39 is 0 Å². The highest BCUT2D eigenvalue weighted by atomic mass is 32.1. The van der Waals surface area contributed by atoms with Crippen LogP contribution >= 0.6 is 11.3 Å². The van der Waals surface area contributed by atoms with E-state index in [0.29, 0.717) is 0 Å². The van der Waals surface area contributed by atoms with Crippen LogP contribution in [0.2, 0.25) is 0 Å². The van der Waals surface area contributed by atoms with Crippen LogP contribution in [0, 0.1) is 0 Å². The monoisotopic (exact) mass is 282 g/mol. The molecule has 2 rings (SSSR count). The lowest BCUT2D eigenvalue weighted by molar-refractivity contribution is 0.185. The number of nitrogens with zero attached hydrogens (tertiary/aromatic N) is 3. The van der Waals surface area contributed by atoms with Gasteiger partial charge in [-0.2, -0.15) is 0 Å². The summed E-state index contributed by atoms with van der Waals surface area (Å²) in [5.74, 6) is 0. The molecule has 0 radical (unpaired) electrons. The third-order valence-corrected chi connectivity index (χ3v) is 4.67. The highest BCUT2D eigenvalue weighted by Gasteiger charge is 2.20. The summed E-state index contributed by atoms with van der Waals surface area (Å²) in [4.78, 5) is 2.61. The average Bonchev–Trinajstić information content (AvgIpc) is 2.74. The van der Waals surface area contributed by atoms with Crippen LogP contribution in [0.1, 0.15) is 57.4 Å². The summed E-state index contributed by atoms with van der Waals surface area (Å²) >= 11 is 1.71. The van der Waals surface area contributed by atoms with Gasteiger partial charge in [0.25, 0.3) is 0 Å². The normalized spacial score (nSPS) is 21.3. The Morgan fingerprint density at radius 1 is 1.26 bits per heavy atom. The van der Waals surface area contributed by atoms with Crippen LogP contribution in [0.15, 0.2) is 0 Å². The van der Waals surface area contributed by atoms with Crippen molar-refractivity contribution >= 4 is 16.5 Å². The maximum atomic E-state index is 4.33. The van der Waals surface area contributed by atoms with Crippen LogP contribution < -0.4 is 5.32 Å². The van der Waals surface area contributed by atoms with Gasteiger partial charge in [-0.1, -0.05) is 38.0 Å². The zero-order valence-corrected chi connectivity index (χ0v) is 13.0. The summed E-state index contributed by atoms with van der Waals surface area (Å²) in [7, 11) is 0. The van der Waals surface area contributed by atoms with E-state index in [-0.39, 0.29) is 0 Å². The van der Waals surface area contributed by atoms with Crippen LogP contribution in [0.25, 0.3) is 0 Å². The molecule has 1 N–H and O–H groups in total. The molecule has 1 saturated heterocycles. The highest BCUT2D eigenvalue weighted by Crippen LogP contribution is 2.23. The minimum Gasteiger partial charge on any atom is -0.360 e. The van der Waals surface area contributed by atoms with Gasteiger partial charge in [-0.3, -0.25) is 4.90 Å². The molecular weight excluding hydrogens is 256 g/mol. The first kappa shape index (κ1) is 14.7. The Morgan fingerprint density at radius 3 is 2.95 bits per heavy atom. The molecule has 4 nitrogen and oxygen atoms in total. The molecule has 108 valence electrons. The molecule has 1 aliphatic heterocycles. The largest absolute Gasteiger partial charge is 0.360 e. The number of aromatic nitrogens is 2. The summed E-state index contributed by atoms with van der Waals surface area (Å²) in [6.07, 6.45) is 7.81. The summed E-state index contributed by atoms with van der Waals surface area (Å²) in [5, 5.41) is 14.0. The van der Waals surface area contributed by atoms with Crippen molar-refractivity contribution in [2.45, 2.75) is 65.0 Å². The van der Waals surface area contributed by atoms with Gasteiger partial charge < -0.3 is 5.32 Å². The first-order valence-electron chi connectivity index (χ1n) is 7.63. The third-order valence-electron chi connectivity index (χ3n) is 3.80. The van der Waals surface area contributed by atoms with Gasteiger partial charge in [-0.15, -0.1) is 10.2 Å². The maximum absolute atomic E-state index is 4.33. The first-order chi connectivity index (χ1) is 9.33. The maximum Gasteiger partial charge on any atom is 0.205 e. The molecule has 1 aromatic heterocycles. The predicted octanol–water partition coefficient (Wildman–Crippen LogP) is 3.51. The quantitative estimate of drug-likeness (QED) is 0.867. The lowest BCUT2D eigenvalue weighted by Crippen LogP contribution is -2.33. The fraction of sp³-hybridized carbons (Fsp3) is 0.857. The van der Waals surface area contributed by atoms with Crippen LogP contribution in [-0.4, -0.2) is 34.2 Å². The van der Waals surface area contributed by atoms with E-state index in [1.807, 2.05) is 0 Å². The lowest BCUT2D eigenvalue weighted by Gasteiger charge is -2.27. The molecule has 2 heterocycles. The molecule has 0 aliphatic carbocycles. The number of rotatable bonds is 6. The second kappa shape index (κ2) is 7.80. The van der Waals surface area contributed by atoms with Gasteiger partial charge >= 0.3 is 0 Å². The number of likely N-dealkylation sites (tertiary alicyclic amines) is 1. The molecular formula is C14H26N4S. The third kappa shape index (κ3) is 4.42. The van der Waals surface area contributed by atoms with Crippen molar-refractivity contribution in [3.8, 4) is 0 Å². The zero-order valence-electron chi connectivity index (χ0n) is 12.2. The topological polar surface area (TPSA) is 41.1 Å². The van der Waals surface area contributed by atoms with Crippen molar-refractivity contribution in [3.63, 3.8) is 0 Å². The SMILES string of the molecule is CCCNc1nnc(CN2CCCCCC2CC)s1. The van der Waals surface area contributed by atoms with E-state index in [0.717, 1.165) is 35.7 Å². The van der Waals surface area contributed by atoms with Gasteiger partial charge in [0.05, 0.1) is 6.54 Å². The molecule has 1 fully saturated rings. The molecule has 1 aromatic rings. The van der Waals surface area contributed by atoms with Gasteiger partial charge in [0.1, 0.15) is 5.01 Å². The Balaban J connectivity index is 1.92. The fourth-order valence-corrected chi connectivity index (χ4v) is 3.49. The fourth-order valence-electron chi connectivity index (χ4n) is 2.70. The first-order valence-corrected chi connectivity index (χ1v) is 8.45. The van der Waals surface area contributed by atoms with Crippen molar-refractivity contribution < 1.29 is 0 Å². The molecule has 0 spiro atoms. The van der Waals surface area contributed by atoms with Gasteiger partial charge in [0.15, 0.2) is 0 Å². The summed E-state index contributed by atoms with van der Waals surface area (Å²) in [6.45, 7) is 7.64. The van der Waals surface area contributed by atoms with E-state index in [2.05, 4.69) is 34.3 Å². The zero-order chi connectivity index (χ0) is 13.5. The Hall–Kier alpha value is -0.680. The van der Waals surface area contributed by atoms with Gasteiger partial charge in [0, 0.05) is 12.6 Å². The molecule has 1 atom stereocenters. The minimum atomic E-state index is 0.735. The van der Waals surface area contributed by atoms with Crippen molar-refractivity contribution in [1.82, 2.24) is 15.1 Å².